The third kappa shape index (κ3) is 4.56. The number of phenolic OH excluding ortho intramolecular Hbond substituents is 1. The number of aromatic hydroxyl groups is 1. The van der Waals surface area contributed by atoms with Crippen LogP contribution in [0.5, 0.6) is 5.75 Å². The van der Waals surface area contributed by atoms with Gasteiger partial charge < -0.3 is 26.2 Å². The van der Waals surface area contributed by atoms with Crippen LogP contribution in [0.25, 0.3) is 5.76 Å². The van der Waals surface area contributed by atoms with Gasteiger partial charge in [-0.15, -0.1) is 0 Å². The summed E-state index contributed by atoms with van der Waals surface area (Å²) in [4.78, 5) is 43.1. The minimum absolute atomic E-state index is 0.00678. The van der Waals surface area contributed by atoms with Gasteiger partial charge in [0.15, 0.2) is 11.4 Å². The van der Waals surface area contributed by atoms with Gasteiger partial charge in [-0.1, -0.05) is 18.5 Å². The van der Waals surface area contributed by atoms with E-state index >= 15 is 0 Å². The highest BCUT2D eigenvalue weighted by molar-refractivity contribution is 6.32. The van der Waals surface area contributed by atoms with Gasteiger partial charge in [-0.25, -0.2) is 0 Å². The highest BCUT2D eigenvalue weighted by atomic mass is 35.5. The number of fused-ring (bicyclic) bond motifs is 3. The van der Waals surface area contributed by atoms with Crippen LogP contribution in [0.15, 0.2) is 23.0 Å². The van der Waals surface area contributed by atoms with Crippen LogP contribution in [-0.2, 0) is 27.3 Å². The maximum absolute atomic E-state index is 13.9. The standard InChI is InChI=1S/C30H38ClN3O7/c1-5-13(2)34(11-14-6-7-14)12-16-10-19(35)21-17(23(16)31)8-15-9-18-24(33(3)4)26(37)22(29(32)40)28(39)30(18,41)27(38)20(15)25(21)36/h10,13-15,18,24,35-36,39,41H,5-9,11-12H2,1-4H3,(H2,32,40)/t13?,15-,18-,24-,30-/m0/s1. The van der Waals surface area contributed by atoms with Gasteiger partial charge in [0.1, 0.15) is 22.8 Å². The Balaban J connectivity index is 1.61. The lowest BCUT2D eigenvalue weighted by Crippen LogP contribution is -2.65. The van der Waals surface area contributed by atoms with Crippen LogP contribution < -0.4 is 5.73 Å². The lowest BCUT2D eigenvalue weighted by Gasteiger charge is -2.50. The summed E-state index contributed by atoms with van der Waals surface area (Å²) >= 11 is 6.95. The molecule has 1 amide bonds. The van der Waals surface area contributed by atoms with Gasteiger partial charge >= 0.3 is 0 Å². The van der Waals surface area contributed by atoms with Crippen LogP contribution in [0, 0.1) is 17.8 Å². The molecule has 2 fully saturated rings. The Morgan fingerprint density at radius 3 is 2.44 bits per heavy atom. The summed E-state index contributed by atoms with van der Waals surface area (Å²) in [6.07, 6.45) is 3.54. The maximum atomic E-state index is 13.9. The van der Waals surface area contributed by atoms with E-state index in [4.69, 9.17) is 17.3 Å². The Labute approximate surface area is 244 Å². The van der Waals surface area contributed by atoms with Crippen molar-refractivity contribution in [2.75, 3.05) is 20.6 Å². The molecular weight excluding hydrogens is 550 g/mol. The first-order chi connectivity index (χ1) is 19.2. The second-order valence-corrected chi connectivity index (χ2v) is 12.7. The molecule has 4 aliphatic carbocycles. The molecule has 0 radical (unpaired) electrons. The minimum Gasteiger partial charge on any atom is -0.508 e. The van der Waals surface area contributed by atoms with Crippen molar-refractivity contribution in [3.05, 3.63) is 44.7 Å². The van der Waals surface area contributed by atoms with Crippen LogP contribution in [0.2, 0.25) is 5.02 Å². The zero-order valence-corrected chi connectivity index (χ0v) is 24.5. The first-order valence-corrected chi connectivity index (χ1v) is 14.5. The molecule has 0 heterocycles. The molecule has 2 saturated carbocycles. The molecule has 5 atom stereocenters. The normalized spacial score (nSPS) is 28.6. The number of benzene rings is 1. The van der Waals surface area contributed by atoms with E-state index < -0.39 is 58.0 Å². The number of aliphatic hydroxyl groups is 3. The quantitative estimate of drug-likeness (QED) is 0.287. The van der Waals surface area contributed by atoms with Gasteiger partial charge in [-0.05, 0) is 82.2 Å². The Hall–Kier alpha value is -2.92. The van der Waals surface area contributed by atoms with Crippen molar-refractivity contribution in [3.8, 4) is 5.75 Å². The number of likely N-dealkylation sites (N-methyl/N-ethyl adjacent to an activating group) is 1. The predicted octanol–water partition coefficient (Wildman–Crippen LogP) is 2.63. The third-order valence-corrected chi connectivity index (χ3v) is 9.98. The SMILES string of the molecule is CCC(C)N(Cc1cc(O)c2c(c1Cl)C[C@H]1C[C@H]3[C@H](N(C)C)C(=O)C(C(N)=O)=C(O)[C@@]3(O)C(=O)C1=C2O)CC1CC1. The number of carbonyl (C=O) groups is 3. The van der Waals surface area contributed by atoms with Crippen molar-refractivity contribution < 1.29 is 34.8 Å². The molecule has 4 aliphatic rings. The molecule has 41 heavy (non-hydrogen) atoms. The number of amides is 1. The van der Waals surface area contributed by atoms with E-state index in [0.717, 1.165) is 13.0 Å². The number of halogens is 1. The molecule has 0 saturated heterocycles. The van der Waals surface area contributed by atoms with E-state index in [-0.39, 0.29) is 29.7 Å². The van der Waals surface area contributed by atoms with Gasteiger partial charge in [0.05, 0.1) is 11.6 Å². The first kappa shape index (κ1) is 29.6. The molecule has 0 spiro atoms. The van der Waals surface area contributed by atoms with Gasteiger partial charge in [0.2, 0.25) is 5.78 Å². The number of carbonyl (C=O) groups excluding carboxylic acids is 3. The van der Waals surface area contributed by atoms with Gasteiger partial charge in [0.25, 0.3) is 5.91 Å². The molecule has 0 bridgehead atoms. The lowest BCUT2D eigenvalue weighted by molar-refractivity contribution is -0.153. The number of rotatable bonds is 8. The highest BCUT2D eigenvalue weighted by Gasteiger charge is 2.64. The Bertz CT molecular complexity index is 1400. The molecule has 11 heteroatoms. The fourth-order valence-electron chi connectivity index (χ4n) is 6.97. The van der Waals surface area contributed by atoms with Gasteiger partial charge in [-0.3, -0.25) is 24.2 Å². The van der Waals surface area contributed by atoms with E-state index in [1.807, 2.05) is 0 Å². The van der Waals surface area contributed by atoms with E-state index in [1.165, 1.54) is 23.8 Å². The second kappa shape index (κ2) is 10.4. The summed E-state index contributed by atoms with van der Waals surface area (Å²) in [6.45, 7) is 5.73. The van der Waals surface area contributed by atoms with E-state index in [2.05, 4.69) is 18.7 Å². The van der Waals surface area contributed by atoms with Crippen molar-refractivity contribution >= 4 is 34.8 Å². The highest BCUT2D eigenvalue weighted by Crippen LogP contribution is 2.53. The van der Waals surface area contributed by atoms with Crippen LogP contribution in [-0.4, -0.2) is 86.0 Å². The van der Waals surface area contributed by atoms with Crippen LogP contribution in [0.4, 0.5) is 0 Å². The second-order valence-electron chi connectivity index (χ2n) is 12.3. The monoisotopic (exact) mass is 587 g/mol. The van der Waals surface area contributed by atoms with Crippen molar-refractivity contribution in [3.63, 3.8) is 0 Å². The number of nitrogens with zero attached hydrogens (tertiary/aromatic N) is 2. The summed E-state index contributed by atoms with van der Waals surface area (Å²) in [5.74, 6) is -6.12. The first-order valence-electron chi connectivity index (χ1n) is 14.2. The molecule has 0 aromatic heterocycles. The third-order valence-electron chi connectivity index (χ3n) is 9.51. The molecule has 0 aliphatic heterocycles. The summed E-state index contributed by atoms with van der Waals surface area (Å²) in [5.41, 5.74) is 2.89. The zero-order chi connectivity index (χ0) is 30.1. The smallest absolute Gasteiger partial charge is 0.255 e. The van der Waals surface area contributed by atoms with E-state index in [0.29, 0.717) is 34.7 Å². The van der Waals surface area contributed by atoms with Crippen molar-refractivity contribution in [1.29, 1.82) is 0 Å². The number of nitrogens with two attached hydrogens (primary N) is 1. The number of phenols is 1. The van der Waals surface area contributed by atoms with E-state index in [1.54, 1.807) is 14.1 Å². The fourth-order valence-corrected chi connectivity index (χ4v) is 7.26. The molecule has 1 unspecified atom stereocenters. The predicted molar refractivity (Wildman–Crippen MR) is 152 cm³/mol. The van der Waals surface area contributed by atoms with Crippen molar-refractivity contribution in [2.45, 2.75) is 70.2 Å². The number of Topliss-reactive ketones (excluding diaryl/α,β-unsaturated/α-hetero) is 2. The largest absolute Gasteiger partial charge is 0.508 e. The topological polar surface area (TPSA) is 165 Å². The minimum atomic E-state index is -2.66. The van der Waals surface area contributed by atoms with Crippen molar-refractivity contribution in [2.24, 2.45) is 23.5 Å². The Morgan fingerprint density at radius 1 is 1.22 bits per heavy atom. The summed E-state index contributed by atoms with van der Waals surface area (Å²) in [5, 5.41) is 45.6. The molecule has 222 valence electrons. The summed E-state index contributed by atoms with van der Waals surface area (Å²) < 4.78 is 0. The number of hydrogen-bond acceptors (Lipinski definition) is 9. The van der Waals surface area contributed by atoms with Crippen LogP contribution >= 0.6 is 11.6 Å². The maximum Gasteiger partial charge on any atom is 0.255 e. The average molecular weight is 588 g/mol. The van der Waals surface area contributed by atoms with Gasteiger partial charge in [-0.2, -0.15) is 0 Å². The molecule has 1 aromatic rings. The van der Waals surface area contributed by atoms with Crippen LogP contribution in [0.1, 0.15) is 56.2 Å². The van der Waals surface area contributed by atoms with Crippen LogP contribution in [0.3, 0.4) is 0 Å². The lowest BCUT2D eigenvalue weighted by atomic mass is 9.57. The van der Waals surface area contributed by atoms with Crippen molar-refractivity contribution in [1.82, 2.24) is 9.80 Å². The molecule has 10 nitrogen and oxygen atoms in total. The average Bonchev–Trinajstić information content (AvgIpc) is 3.71. The fraction of sp³-hybridized carbons (Fsp3) is 0.567. The van der Waals surface area contributed by atoms with E-state index in [9.17, 15) is 34.8 Å². The summed E-state index contributed by atoms with van der Waals surface area (Å²) in [6, 6.07) is 0.681. The molecular formula is C30H38ClN3O7. The number of ketones is 2. The molecule has 6 N–H and O–H groups in total. The zero-order valence-electron chi connectivity index (χ0n) is 23.8. The van der Waals surface area contributed by atoms with Gasteiger partial charge in [0, 0.05) is 35.6 Å². The molecule has 5 rings (SSSR count). The number of hydrogen-bond donors (Lipinski definition) is 5. The number of primary amides is 1. The Morgan fingerprint density at radius 2 is 1.88 bits per heavy atom. The summed E-state index contributed by atoms with van der Waals surface area (Å²) in [7, 11) is 3.14. The Kier molecular flexibility index (Phi) is 7.51. The molecule has 1 aromatic carbocycles. The number of aliphatic hydroxyl groups excluding tert-OH is 2.